The number of carbonyl (C=O) groups excluding carboxylic acids is 1. The van der Waals surface area contributed by atoms with E-state index in [-0.39, 0.29) is 11.3 Å². The third-order valence-electron chi connectivity index (χ3n) is 3.60. The second-order valence-electron chi connectivity index (χ2n) is 5.46. The molecule has 2 aromatic carbocycles. The summed E-state index contributed by atoms with van der Waals surface area (Å²) in [5.74, 6) is 0.243. The Morgan fingerprint density at radius 2 is 1.84 bits per heavy atom. The van der Waals surface area contributed by atoms with Crippen LogP contribution in [0.15, 0.2) is 47.4 Å². The minimum atomic E-state index is -3.97. The van der Waals surface area contributed by atoms with Crippen molar-refractivity contribution in [3.05, 3.63) is 53.1 Å². The van der Waals surface area contributed by atoms with E-state index in [2.05, 4.69) is 4.72 Å². The molecule has 0 fully saturated rings. The lowest BCUT2D eigenvalue weighted by molar-refractivity contribution is -0.119. The number of halogens is 1. The fraction of sp³-hybridized carbons (Fsp3) is 0.235. The van der Waals surface area contributed by atoms with Gasteiger partial charge in [0.1, 0.15) is 13.2 Å². The van der Waals surface area contributed by atoms with E-state index in [0.29, 0.717) is 36.2 Å². The standard InChI is InChI=1S/C17H16ClNO5S/c18-13-3-1-2-12(10-13)4-7-17(20)19-25(21,22)14-5-6-15-16(11-14)24-9-8-23-15/h1-3,5-6,10-11H,4,7-9H2,(H,19,20). The number of benzene rings is 2. The molecule has 0 aromatic heterocycles. The lowest BCUT2D eigenvalue weighted by atomic mass is 10.1. The molecule has 1 aliphatic rings. The molecule has 1 aliphatic heterocycles. The SMILES string of the molecule is O=C(CCc1cccc(Cl)c1)NS(=O)(=O)c1ccc2c(c1)OCCO2. The van der Waals surface area contributed by atoms with E-state index in [4.69, 9.17) is 21.1 Å². The van der Waals surface area contributed by atoms with Crippen LogP contribution in [0.25, 0.3) is 0 Å². The number of nitrogens with one attached hydrogen (secondary N) is 1. The maximum atomic E-state index is 12.3. The zero-order valence-electron chi connectivity index (χ0n) is 13.2. The molecule has 0 unspecified atom stereocenters. The van der Waals surface area contributed by atoms with Gasteiger partial charge in [-0.1, -0.05) is 23.7 Å². The number of amides is 1. The first kappa shape index (κ1) is 17.6. The Balaban J connectivity index is 1.65. The van der Waals surface area contributed by atoms with Crippen molar-refractivity contribution >= 4 is 27.5 Å². The number of hydrogen-bond acceptors (Lipinski definition) is 5. The van der Waals surface area contributed by atoms with Crippen LogP contribution in [0.4, 0.5) is 0 Å². The number of aryl methyl sites for hydroxylation is 1. The quantitative estimate of drug-likeness (QED) is 0.860. The first-order valence-corrected chi connectivity index (χ1v) is 9.50. The van der Waals surface area contributed by atoms with Crippen LogP contribution in [0.1, 0.15) is 12.0 Å². The molecule has 132 valence electrons. The van der Waals surface area contributed by atoms with Gasteiger partial charge in [0, 0.05) is 17.5 Å². The Kier molecular flexibility index (Phi) is 5.15. The van der Waals surface area contributed by atoms with Crippen LogP contribution in [-0.4, -0.2) is 27.5 Å². The van der Waals surface area contributed by atoms with Crippen LogP contribution in [0, 0.1) is 0 Å². The molecule has 8 heteroatoms. The summed E-state index contributed by atoms with van der Waals surface area (Å²) in [6.07, 6.45) is 0.424. The van der Waals surface area contributed by atoms with Gasteiger partial charge in [-0.15, -0.1) is 0 Å². The van der Waals surface area contributed by atoms with Gasteiger partial charge in [-0.2, -0.15) is 0 Å². The van der Waals surface area contributed by atoms with Gasteiger partial charge in [0.05, 0.1) is 4.90 Å². The van der Waals surface area contributed by atoms with Crippen molar-refractivity contribution in [3.63, 3.8) is 0 Å². The molecule has 0 atom stereocenters. The highest BCUT2D eigenvalue weighted by Crippen LogP contribution is 2.32. The molecule has 1 amide bonds. The van der Waals surface area contributed by atoms with Gasteiger partial charge in [-0.05, 0) is 36.2 Å². The summed E-state index contributed by atoms with van der Waals surface area (Å²) in [5.41, 5.74) is 0.861. The van der Waals surface area contributed by atoms with Crippen molar-refractivity contribution in [2.45, 2.75) is 17.7 Å². The van der Waals surface area contributed by atoms with E-state index in [1.807, 2.05) is 6.07 Å². The van der Waals surface area contributed by atoms with Crippen molar-refractivity contribution in [2.24, 2.45) is 0 Å². The third-order valence-corrected chi connectivity index (χ3v) is 5.21. The highest BCUT2D eigenvalue weighted by atomic mass is 35.5. The Morgan fingerprint density at radius 1 is 1.08 bits per heavy atom. The van der Waals surface area contributed by atoms with Gasteiger partial charge in [-0.3, -0.25) is 4.79 Å². The average molecular weight is 382 g/mol. The van der Waals surface area contributed by atoms with Crippen LogP contribution in [0.3, 0.4) is 0 Å². The van der Waals surface area contributed by atoms with E-state index in [1.165, 1.54) is 18.2 Å². The fourth-order valence-electron chi connectivity index (χ4n) is 2.40. The van der Waals surface area contributed by atoms with Crippen LogP contribution < -0.4 is 14.2 Å². The van der Waals surface area contributed by atoms with Gasteiger partial charge >= 0.3 is 0 Å². The zero-order chi connectivity index (χ0) is 17.9. The molecule has 1 N–H and O–H groups in total. The third kappa shape index (κ3) is 4.43. The molecular formula is C17H16ClNO5S. The van der Waals surface area contributed by atoms with Crippen molar-refractivity contribution in [3.8, 4) is 11.5 Å². The van der Waals surface area contributed by atoms with Gasteiger partial charge < -0.3 is 9.47 Å². The van der Waals surface area contributed by atoms with Gasteiger partial charge in [0.2, 0.25) is 5.91 Å². The van der Waals surface area contributed by atoms with Crippen molar-refractivity contribution in [1.82, 2.24) is 4.72 Å². The van der Waals surface area contributed by atoms with Gasteiger partial charge in [-0.25, -0.2) is 13.1 Å². The van der Waals surface area contributed by atoms with Crippen molar-refractivity contribution in [1.29, 1.82) is 0 Å². The normalized spacial score (nSPS) is 13.3. The lowest BCUT2D eigenvalue weighted by Gasteiger charge is -2.18. The van der Waals surface area contributed by atoms with Gasteiger partial charge in [0.25, 0.3) is 10.0 Å². The molecule has 2 aromatic rings. The summed E-state index contributed by atoms with van der Waals surface area (Å²) in [6, 6.07) is 11.3. The summed E-state index contributed by atoms with van der Waals surface area (Å²) in [6.45, 7) is 0.766. The molecule has 0 spiro atoms. The first-order valence-electron chi connectivity index (χ1n) is 7.64. The van der Waals surface area contributed by atoms with Crippen LogP contribution in [0.2, 0.25) is 5.02 Å². The smallest absolute Gasteiger partial charge is 0.264 e. The van der Waals surface area contributed by atoms with Crippen molar-refractivity contribution < 1.29 is 22.7 Å². The predicted octanol–water partition coefficient (Wildman–Crippen LogP) is 2.55. The maximum Gasteiger partial charge on any atom is 0.264 e. The Morgan fingerprint density at radius 3 is 2.60 bits per heavy atom. The zero-order valence-corrected chi connectivity index (χ0v) is 14.8. The second-order valence-corrected chi connectivity index (χ2v) is 7.58. The summed E-state index contributed by atoms with van der Waals surface area (Å²) >= 11 is 5.89. The minimum Gasteiger partial charge on any atom is -0.486 e. The molecule has 25 heavy (non-hydrogen) atoms. The Bertz CT molecular complexity index is 898. The van der Waals surface area contributed by atoms with E-state index in [0.717, 1.165) is 5.56 Å². The molecular weight excluding hydrogens is 366 g/mol. The molecule has 0 aliphatic carbocycles. The summed E-state index contributed by atoms with van der Waals surface area (Å²) in [7, 11) is -3.97. The van der Waals surface area contributed by atoms with E-state index in [1.54, 1.807) is 18.2 Å². The minimum absolute atomic E-state index is 0.0319. The molecule has 6 nitrogen and oxygen atoms in total. The first-order chi connectivity index (χ1) is 11.9. The molecule has 0 saturated carbocycles. The van der Waals surface area contributed by atoms with E-state index >= 15 is 0 Å². The summed E-state index contributed by atoms with van der Waals surface area (Å²) < 4.78 is 37.5. The lowest BCUT2D eigenvalue weighted by Crippen LogP contribution is -2.30. The Labute approximate surface area is 150 Å². The van der Waals surface area contributed by atoms with E-state index in [9.17, 15) is 13.2 Å². The topological polar surface area (TPSA) is 81.7 Å². The molecule has 0 radical (unpaired) electrons. The number of hydrogen-bond donors (Lipinski definition) is 1. The average Bonchev–Trinajstić information content (AvgIpc) is 2.59. The number of carbonyl (C=O) groups is 1. The fourth-order valence-corrected chi connectivity index (χ4v) is 3.64. The van der Waals surface area contributed by atoms with E-state index < -0.39 is 15.9 Å². The molecule has 1 heterocycles. The second kappa shape index (κ2) is 7.33. The molecule has 3 rings (SSSR count). The summed E-state index contributed by atoms with van der Waals surface area (Å²) in [4.78, 5) is 12.0. The van der Waals surface area contributed by atoms with Crippen LogP contribution in [-0.2, 0) is 21.2 Å². The highest BCUT2D eigenvalue weighted by molar-refractivity contribution is 7.90. The maximum absolute atomic E-state index is 12.3. The highest BCUT2D eigenvalue weighted by Gasteiger charge is 2.21. The number of ether oxygens (including phenoxy) is 2. The largest absolute Gasteiger partial charge is 0.486 e. The monoisotopic (exact) mass is 381 g/mol. The van der Waals surface area contributed by atoms with Gasteiger partial charge in [0.15, 0.2) is 11.5 Å². The molecule has 0 bridgehead atoms. The number of rotatable bonds is 5. The van der Waals surface area contributed by atoms with Crippen LogP contribution >= 0.6 is 11.6 Å². The predicted molar refractivity (Wildman–Crippen MR) is 92.5 cm³/mol. The van der Waals surface area contributed by atoms with Crippen LogP contribution in [0.5, 0.6) is 11.5 Å². The summed E-state index contributed by atoms with van der Waals surface area (Å²) in [5, 5.41) is 0.571. The number of fused-ring (bicyclic) bond motifs is 1. The number of sulfonamides is 1. The van der Waals surface area contributed by atoms with Crippen molar-refractivity contribution in [2.75, 3.05) is 13.2 Å². The molecule has 0 saturated heterocycles. The Hall–Kier alpha value is -2.25.